The van der Waals surface area contributed by atoms with Crippen molar-refractivity contribution in [2.45, 2.75) is 25.8 Å². The van der Waals surface area contributed by atoms with Crippen molar-refractivity contribution in [3.8, 4) is 17.0 Å². The van der Waals surface area contributed by atoms with Crippen LogP contribution in [0.4, 0.5) is 5.69 Å². The van der Waals surface area contributed by atoms with Crippen molar-refractivity contribution >= 4 is 16.7 Å². The lowest BCUT2D eigenvalue weighted by molar-refractivity contribution is 0.470. The Balaban J connectivity index is 1.69. The number of phenols is 1. The minimum Gasteiger partial charge on any atom is -0.508 e. The van der Waals surface area contributed by atoms with E-state index in [0.717, 1.165) is 40.7 Å². The lowest BCUT2D eigenvalue weighted by atomic mass is 10.1. The Morgan fingerprint density at radius 2 is 2.07 bits per heavy atom. The predicted octanol–water partition coefficient (Wildman–Crippen LogP) is 3.43. The van der Waals surface area contributed by atoms with Gasteiger partial charge in [-0.15, -0.1) is 0 Å². The van der Waals surface area contributed by atoms with Crippen molar-refractivity contribution in [3.63, 3.8) is 0 Å². The number of benzene rings is 2. The quantitative estimate of drug-likeness (QED) is 0.537. The summed E-state index contributed by atoms with van der Waals surface area (Å²) in [6.45, 7) is 1.88. The van der Waals surface area contributed by atoms with E-state index in [0.29, 0.717) is 5.65 Å². The molecular weight excluding hydrogens is 338 g/mol. The molecule has 2 heterocycles. The number of aromatic nitrogens is 4. The first kappa shape index (κ1) is 15.8. The molecule has 6 heteroatoms. The molecule has 2 aromatic heterocycles. The number of fused-ring (bicyclic) bond motifs is 2. The van der Waals surface area contributed by atoms with Gasteiger partial charge in [-0.2, -0.15) is 5.10 Å². The van der Waals surface area contributed by atoms with Crippen LogP contribution in [0.15, 0.2) is 48.9 Å². The van der Waals surface area contributed by atoms with Gasteiger partial charge in [0.05, 0.1) is 17.1 Å². The van der Waals surface area contributed by atoms with Crippen LogP contribution in [-0.2, 0) is 12.8 Å². The van der Waals surface area contributed by atoms with Gasteiger partial charge in [-0.25, -0.2) is 9.97 Å². The number of aromatic hydroxyl groups is 1. The Bertz CT molecular complexity index is 1180. The first-order chi connectivity index (χ1) is 13.1. The largest absolute Gasteiger partial charge is 0.508 e. The van der Waals surface area contributed by atoms with Crippen molar-refractivity contribution in [3.05, 3.63) is 65.6 Å². The van der Waals surface area contributed by atoms with E-state index in [2.05, 4.69) is 16.0 Å². The van der Waals surface area contributed by atoms with E-state index in [-0.39, 0.29) is 11.8 Å². The molecule has 4 aromatic rings. The number of nitrogen functional groups attached to an aromatic ring is 1. The minimum absolute atomic E-state index is 0.150. The van der Waals surface area contributed by atoms with Gasteiger partial charge >= 0.3 is 0 Å². The number of aryl methyl sites for hydroxylation is 1. The van der Waals surface area contributed by atoms with E-state index in [1.54, 1.807) is 12.3 Å². The second-order valence-corrected chi connectivity index (χ2v) is 7.10. The predicted molar refractivity (Wildman–Crippen MR) is 104 cm³/mol. The highest BCUT2D eigenvalue weighted by atomic mass is 16.3. The molecule has 1 unspecified atom stereocenters. The molecule has 0 amide bonds. The fraction of sp³-hybridized carbons (Fsp3) is 0.190. The van der Waals surface area contributed by atoms with E-state index >= 15 is 0 Å². The van der Waals surface area contributed by atoms with Crippen LogP contribution in [0.1, 0.15) is 22.7 Å². The Morgan fingerprint density at radius 1 is 1.19 bits per heavy atom. The van der Waals surface area contributed by atoms with Gasteiger partial charge in [0.1, 0.15) is 12.1 Å². The van der Waals surface area contributed by atoms with Gasteiger partial charge < -0.3 is 10.8 Å². The maximum absolute atomic E-state index is 10.2. The van der Waals surface area contributed by atoms with Gasteiger partial charge in [-0.3, -0.25) is 4.68 Å². The fourth-order valence-electron chi connectivity index (χ4n) is 3.98. The Labute approximate surface area is 156 Å². The number of rotatable bonds is 2. The van der Waals surface area contributed by atoms with Gasteiger partial charge in [0.15, 0.2) is 5.65 Å². The maximum atomic E-state index is 10.2. The first-order valence-corrected chi connectivity index (χ1v) is 8.96. The smallest absolute Gasteiger partial charge is 0.184 e. The SMILES string of the molecule is Cc1ccc(-c2c3cncnc3nn2C2Cc3cccc(N)c3C2)cc1O. The van der Waals surface area contributed by atoms with Crippen molar-refractivity contribution in [2.75, 3.05) is 5.73 Å². The van der Waals surface area contributed by atoms with Crippen LogP contribution in [0.25, 0.3) is 22.3 Å². The second kappa shape index (κ2) is 5.81. The molecule has 6 nitrogen and oxygen atoms in total. The van der Waals surface area contributed by atoms with E-state index in [1.807, 2.05) is 35.9 Å². The Morgan fingerprint density at radius 3 is 2.89 bits per heavy atom. The molecule has 0 saturated heterocycles. The molecule has 1 atom stereocenters. The van der Waals surface area contributed by atoms with E-state index in [1.165, 1.54) is 17.5 Å². The van der Waals surface area contributed by atoms with Gasteiger partial charge in [-0.05, 0) is 48.6 Å². The summed E-state index contributed by atoms with van der Waals surface area (Å²) in [7, 11) is 0. The van der Waals surface area contributed by atoms with Crippen LogP contribution in [-0.4, -0.2) is 24.9 Å². The van der Waals surface area contributed by atoms with Crippen molar-refractivity contribution < 1.29 is 5.11 Å². The monoisotopic (exact) mass is 357 g/mol. The molecule has 0 aliphatic heterocycles. The first-order valence-electron chi connectivity index (χ1n) is 8.96. The van der Waals surface area contributed by atoms with E-state index in [4.69, 9.17) is 10.8 Å². The standard InChI is InChI=1S/C21H19N5O/c1-12-5-6-14(8-19(12)27)20-17-10-23-11-24-21(17)25-26(20)15-7-13-3-2-4-18(22)16(13)9-15/h2-6,8,10-11,15,27H,7,9,22H2,1H3. The molecule has 2 aromatic carbocycles. The number of hydrogen-bond acceptors (Lipinski definition) is 5. The third-order valence-corrected chi connectivity index (χ3v) is 5.41. The van der Waals surface area contributed by atoms with Crippen LogP contribution < -0.4 is 5.73 Å². The third kappa shape index (κ3) is 2.44. The molecule has 27 heavy (non-hydrogen) atoms. The molecule has 3 N–H and O–H groups in total. The normalized spacial score (nSPS) is 16.0. The lowest BCUT2D eigenvalue weighted by Gasteiger charge is -2.15. The number of nitrogens with zero attached hydrogens (tertiary/aromatic N) is 4. The summed E-state index contributed by atoms with van der Waals surface area (Å²) in [5, 5.41) is 15.9. The molecule has 0 saturated carbocycles. The molecule has 1 aliphatic carbocycles. The second-order valence-electron chi connectivity index (χ2n) is 7.10. The van der Waals surface area contributed by atoms with Gasteiger partial charge in [-0.1, -0.05) is 24.3 Å². The summed E-state index contributed by atoms with van der Waals surface area (Å²) in [6, 6.07) is 11.9. The summed E-state index contributed by atoms with van der Waals surface area (Å²) in [4.78, 5) is 8.52. The molecular formula is C21H19N5O. The Hall–Kier alpha value is -3.41. The van der Waals surface area contributed by atoms with Crippen molar-refractivity contribution in [2.24, 2.45) is 0 Å². The maximum Gasteiger partial charge on any atom is 0.184 e. The highest BCUT2D eigenvalue weighted by Crippen LogP contribution is 2.38. The van der Waals surface area contributed by atoms with Crippen LogP contribution in [0.3, 0.4) is 0 Å². The summed E-state index contributed by atoms with van der Waals surface area (Å²) < 4.78 is 2.03. The van der Waals surface area contributed by atoms with Crippen LogP contribution in [0, 0.1) is 6.92 Å². The highest BCUT2D eigenvalue weighted by molar-refractivity contribution is 5.91. The zero-order valence-corrected chi connectivity index (χ0v) is 14.9. The molecule has 0 spiro atoms. The van der Waals surface area contributed by atoms with E-state index < -0.39 is 0 Å². The molecule has 0 fully saturated rings. The van der Waals surface area contributed by atoms with Gasteiger partial charge in [0, 0.05) is 17.4 Å². The number of anilines is 1. The van der Waals surface area contributed by atoms with Gasteiger partial charge in [0.2, 0.25) is 0 Å². The molecule has 0 bridgehead atoms. The summed E-state index contributed by atoms with van der Waals surface area (Å²) in [5.74, 6) is 0.268. The average Bonchev–Trinajstić information content (AvgIpc) is 3.26. The number of hydrogen-bond donors (Lipinski definition) is 2. The zero-order chi connectivity index (χ0) is 18.5. The van der Waals surface area contributed by atoms with Crippen LogP contribution in [0.2, 0.25) is 0 Å². The Kier molecular flexibility index (Phi) is 3.40. The topological polar surface area (TPSA) is 89.9 Å². The lowest BCUT2D eigenvalue weighted by Crippen LogP contribution is -2.12. The van der Waals surface area contributed by atoms with Crippen LogP contribution in [0.5, 0.6) is 5.75 Å². The summed E-state index contributed by atoms with van der Waals surface area (Å²) >= 11 is 0. The fourth-order valence-corrected chi connectivity index (χ4v) is 3.98. The summed E-state index contributed by atoms with van der Waals surface area (Å²) in [6.07, 6.45) is 4.99. The molecule has 1 aliphatic rings. The highest BCUT2D eigenvalue weighted by Gasteiger charge is 2.28. The minimum atomic E-state index is 0.150. The van der Waals surface area contributed by atoms with Gasteiger partial charge in [0.25, 0.3) is 0 Å². The molecule has 5 rings (SSSR count). The van der Waals surface area contributed by atoms with E-state index in [9.17, 15) is 5.11 Å². The molecule has 134 valence electrons. The number of nitrogens with two attached hydrogens (primary N) is 1. The molecule has 0 radical (unpaired) electrons. The van der Waals surface area contributed by atoms with Crippen molar-refractivity contribution in [1.29, 1.82) is 0 Å². The third-order valence-electron chi connectivity index (χ3n) is 5.41. The number of phenolic OH excluding ortho intramolecular Hbond substituents is 1. The average molecular weight is 357 g/mol. The van der Waals surface area contributed by atoms with Crippen molar-refractivity contribution in [1.82, 2.24) is 19.7 Å². The zero-order valence-electron chi connectivity index (χ0n) is 14.9. The summed E-state index contributed by atoms with van der Waals surface area (Å²) in [5.41, 5.74) is 12.8. The van der Waals surface area contributed by atoms with Crippen LogP contribution >= 0.6 is 0 Å².